The van der Waals surface area contributed by atoms with Crippen molar-refractivity contribution in [1.29, 1.82) is 0 Å². The first-order valence-corrected chi connectivity index (χ1v) is 6.09. The van der Waals surface area contributed by atoms with Crippen molar-refractivity contribution in [2.24, 2.45) is 5.73 Å². The highest BCUT2D eigenvalue weighted by Gasteiger charge is 2.21. The molecule has 0 aromatic heterocycles. The van der Waals surface area contributed by atoms with Gasteiger partial charge in [0.2, 0.25) is 0 Å². The van der Waals surface area contributed by atoms with Crippen LogP contribution in [-0.2, 0) is 0 Å². The van der Waals surface area contributed by atoms with Gasteiger partial charge in [0, 0.05) is 6.67 Å². The number of hydrogen-bond donors (Lipinski definition) is 2. The lowest BCUT2D eigenvalue weighted by molar-refractivity contribution is 0.217. The zero-order valence-electron chi connectivity index (χ0n) is 10.2. The van der Waals surface area contributed by atoms with Crippen molar-refractivity contribution in [3.05, 3.63) is 29.1 Å². The summed E-state index contributed by atoms with van der Waals surface area (Å²) in [6.45, 7) is 4.60. The molecular formula is C13H20FN3. The van der Waals surface area contributed by atoms with Gasteiger partial charge in [-0.15, -0.1) is 0 Å². The van der Waals surface area contributed by atoms with Gasteiger partial charge < -0.3 is 11.5 Å². The molecule has 1 aromatic carbocycles. The minimum Gasteiger partial charge on any atom is -0.396 e. The van der Waals surface area contributed by atoms with Crippen LogP contribution >= 0.6 is 0 Å². The molecule has 1 fully saturated rings. The van der Waals surface area contributed by atoms with Crippen molar-refractivity contribution in [2.45, 2.75) is 25.7 Å². The second-order valence-corrected chi connectivity index (χ2v) is 4.81. The van der Waals surface area contributed by atoms with E-state index in [2.05, 4.69) is 4.90 Å². The number of nitrogens with zero attached hydrogens (tertiary/aromatic N) is 1. The van der Waals surface area contributed by atoms with E-state index in [1.54, 1.807) is 12.1 Å². The Labute approximate surface area is 102 Å². The van der Waals surface area contributed by atoms with Gasteiger partial charge in [-0.3, -0.25) is 4.90 Å². The minimum atomic E-state index is -0.299. The Balaban J connectivity index is 2.16. The van der Waals surface area contributed by atoms with Gasteiger partial charge in [0.1, 0.15) is 5.82 Å². The van der Waals surface area contributed by atoms with Crippen LogP contribution in [0, 0.1) is 12.7 Å². The van der Waals surface area contributed by atoms with Gasteiger partial charge >= 0.3 is 0 Å². The highest BCUT2D eigenvalue weighted by atomic mass is 19.1. The summed E-state index contributed by atoms with van der Waals surface area (Å²) in [7, 11) is 0. The maximum atomic E-state index is 13.5. The van der Waals surface area contributed by atoms with Crippen LogP contribution in [0.4, 0.5) is 10.1 Å². The quantitative estimate of drug-likeness (QED) is 0.771. The van der Waals surface area contributed by atoms with Crippen molar-refractivity contribution >= 4 is 5.69 Å². The fourth-order valence-corrected chi connectivity index (χ4v) is 2.59. The molecule has 4 N–H and O–H groups in total. The van der Waals surface area contributed by atoms with Gasteiger partial charge in [-0.1, -0.05) is 0 Å². The van der Waals surface area contributed by atoms with Gasteiger partial charge in [0.25, 0.3) is 0 Å². The molecule has 3 nitrogen and oxygen atoms in total. The third kappa shape index (κ3) is 2.58. The first kappa shape index (κ1) is 12.3. The van der Waals surface area contributed by atoms with E-state index in [0.717, 1.165) is 37.1 Å². The summed E-state index contributed by atoms with van der Waals surface area (Å²) in [5.74, 6) is 0.139. The van der Waals surface area contributed by atoms with E-state index in [-0.39, 0.29) is 11.5 Å². The molecular weight excluding hydrogens is 217 g/mol. The normalized spacial score (nSPS) is 18.5. The maximum Gasteiger partial charge on any atom is 0.146 e. The van der Waals surface area contributed by atoms with Gasteiger partial charge in [0.15, 0.2) is 0 Å². The number of anilines is 1. The number of likely N-dealkylation sites (tertiary alicyclic amines) is 1. The van der Waals surface area contributed by atoms with Crippen LogP contribution in [0.3, 0.4) is 0 Å². The summed E-state index contributed by atoms with van der Waals surface area (Å²) < 4.78 is 13.5. The lowest BCUT2D eigenvalue weighted by Crippen LogP contribution is -2.37. The monoisotopic (exact) mass is 237 g/mol. The fraction of sp³-hybridized carbons (Fsp3) is 0.538. The van der Waals surface area contributed by atoms with E-state index >= 15 is 0 Å². The zero-order valence-corrected chi connectivity index (χ0v) is 10.2. The molecule has 0 aliphatic carbocycles. The van der Waals surface area contributed by atoms with Crippen molar-refractivity contribution in [1.82, 2.24) is 4.90 Å². The van der Waals surface area contributed by atoms with E-state index < -0.39 is 0 Å². The van der Waals surface area contributed by atoms with Gasteiger partial charge in [-0.05, 0) is 62.0 Å². The van der Waals surface area contributed by atoms with Crippen molar-refractivity contribution in [3.63, 3.8) is 0 Å². The Hall–Kier alpha value is -1.13. The largest absolute Gasteiger partial charge is 0.396 e. The summed E-state index contributed by atoms with van der Waals surface area (Å²) in [5, 5.41) is 0. The number of nitrogens with two attached hydrogens (primary N) is 2. The van der Waals surface area contributed by atoms with Crippen LogP contribution in [0.1, 0.15) is 29.9 Å². The van der Waals surface area contributed by atoms with Crippen LogP contribution in [0.25, 0.3) is 0 Å². The smallest absolute Gasteiger partial charge is 0.146 e. The van der Waals surface area contributed by atoms with Crippen LogP contribution in [-0.4, -0.2) is 24.7 Å². The van der Waals surface area contributed by atoms with Gasteiger partial charge in [-0.2, -0.15) is 0 Å². The lowest BCUT2D eigenvalue weighted by atomic mass is 9.86. The molecule has 0 radical (unpaired) electrons. The first-order chi connectivity index (χ1) is 8.11. The molecule has 0 amide bonds. The van der Waals surface area contributed by atoms with Crippen LogP contribution in [0.2, 0.25) is 0 Å². The van der Waals surface area contributed by atoms with E-state index in [0.29, 0.717) is 12.6 Å². The molecule has 4 heteroatoms. The van der Waals surface area contributed by atoms with Crippen LogP contribution in [0.5, 0.6) is 0 Å². The Morgan fingerprint density at radius 1 is 1.35 bits per heavy atom. The predicted molar refractivity (Wildman–Crippen MR) is 68.2 cm³/mol. The topological polar surface area (TPSA) is 55.3 Å². The summed E-state index contributed by atoms with van der Waals surface area (Å²) >= 11 is 0. The Morgan fingerprint density at radius 3 is 2.59 bits per heavy atom. The maximum absolute atomic E-state index is 13.5. The second-order valence-electron chi connectivity index (χ2n) is 4.81. The number of halogens is 1. The molecule has 0 atom stereocenters. The highest BCUT2D eigenvalue weighted by Crippen LogP contribution is 2.31. The van der Waals surface area contributed by atoms with Crippen LogP contribution in [0.15, 0.2) is 12.1 Å². The number of piperidine rings is 1. The molecule has 0 spiro atoms. The zero-order chi connectivity index (χ0) is 12.4. The van der Waals surface area contributed by atoms with E-state index in [9.17, 15) is 4.39 Å². The number of benzene rings is 1. The van der Waals surface area contributed by atoms with Crippen molar-refractivity contribution in [3.8, 4) is 0 Å². The SMILES string of the molecule is Cc1cc(N)c(F)cc1C1CCN(CN)CC1. The summed E-state index contributed by atoms with van der Waals surface area (Å²) in [6, 6.07) is 3.34. The Morgan fingerprint density at radius 2 is 2.00 bits per heavy atom. The second kappa shape index (κ2) is 5.02. The van der Waals surface area contributed by atoms with Gasteiger partial charge in [0.05, 0.1) is 5.69 Å². The van der Waals surface area contributed by atoms with E-state index in [4.69, 9.17) is 11.5 Å². The Bertz CT molecular complexity index is 398. The molecule has 1 saturated heterocycles. The molecule has 1 heterocycles. The van der Waals surface area contributed by atoms with Crippen molar-refractivity contribution < 1.29 is 4.39 Å². The molecule has 94 valence electrons. The molecule has 0 saturated carbocycles. The average molecular weight is 237 g/mol. The number of rotatable bonds is 2. The third-order valence-electron chi connectivity index (χ3n) is 3.67. The fourth-order valence-electron chi connectivity index (χ4n) is 2.59. The summed E-state index contributed by atoms with van der Waals surface area (Å²) in [5.41, 5.74) is 13.6. The number of nitrogen functional groups attached to an aromatic ring is 1. The molecule has 1 aliphatic heterocycles. The lowest BCUT2D eigenvalue weighted by Gasteiger charge is -2.31. The number of hydrogen-bond acceptors (Lipinski definition) is 3. The third-order valence-corrected chi connectivity index (χ3v) is 3.67. The van der Waals surface area contributed by atoms with E-state index in [1.807, 2.05) is 6.92 Å². The average Bonchev–Trinajstić information content (AvgIpc) is 2.34. The molecule has 17 heavy (non-hydrogen) atoms. The Kier molecular flexibility index (Phi) is 3.64. The highest BCUT2D eigenvalue weighted by molar-refractivity contribution is 5.47. The summed E-state index contributed by atoms with van der Waals surface area (Å²) in [4.78, 5) is 2.22. The molecule has 0 bridgehead atoms. The van der Waals surface area contributed by atoms with Gasteiger partial charge in [-0.25, -0.2) is 4.39 Å². The summed E-state index contributed by atoms with van der Waals surface area (Å²) in [6.07, 6.45) is 2.09. The molecule has 1 aromatic rings. The van der Waals surface area contributed by atoms with Crippen molar-refractivity contribution in [2.75, 3.05) is 25.5 Å². The molecule has 2 rings (SSSR count). The minimum absolute atomic E-state index is 0.241. The molecule has 0 unspecified atom stereocenters. The first-order valence-electron chi connectivity index (χ1n) is 6.09. The van der Waals surface area contributed by atoms with E-state index in [1.165, 1.54) is 0 Å². The molecule has 1 aliphatic rings. The number of aryl methyl sites for hydroxylation is 1. The standard InChI is InChI=1S/C13H20FN3/c1-9-6-13(16)12(14)7-11(9)10-2-4-17(8-15)5-3-10/h6-7,10H,2-5,8,15-16H2,1H3. The predicted octanol–water partition coefficient (Wildman–Crippen LogP) is 1.81. The van der Waals surface area contributed by atoms with Crippen LogP contribution < -0.4 is 11.5 Å².